The number of rotatable bonds is 10. The second kappa shape index (κ2) is 13.5. The maximum absolute atomic E-state index is 13.1. The highest BCUT2D eigenvalue weighted by atomic mass is 32.1. The van der Waals surface area contributed by atoms with E-state index in [4.69, 9.17) is 14.5 Å². The Morgan fingerprint density at radius 3 is 2.15 bits per heavy atom. The molecule has 4 rings (SSSR count). The summed E-state index contributed by atoms with van der Waals surface area (Å²) in [7, 11) is 3.29. The van der Waals surface area contributed by atoms with Gasteiger partial charge in [-0.2, -0.15) is 0 Å². The quantitative estimate of drug-likeness (QED) is 0.337. The maximum Gasteiger partial charge on any atom is 0.273 e. The summed E-state index contributed by atoms with van der Waals surface area (Å²) in [6.45, 7) is 12.7. The molecule has 0 radical (unpaired) electrons. The lowest BCUT2D eigenvalue weighted by atomic mass is 9.87. The van der Waals surface area contributed by atoms with E-state index in [1.165, 1.54) is 22.5 Å². The number of amides is 2. The van der Waals surface area contributed by atoms with E-state index < -0.39 is 0 Å². The molecule has 8 nitrogen and oxygen atoms in total. The normalized spacial score (nSPS) is 13.9. The minimum absolute atomic E-state index is 0.0502. The monoisotopic (exact) mass is 578 g/mol. The molecule has 1 fully saturated rings. The number of carbonyl (C=O) groups excluding carboxylic acids is 2. The lowest BCUT2D eigenvalue weighted by Gasteiger charge is -2.33. The molecule has 2 aromatic carbocycles. The molecule has 0 N–H and O–H groups in total. The fourth-order valence-corrected chi connectivity index (χ4v) is 5.77. The number of carbonyl (C=O) groups is 2. The predicted molar refractivity (Wildman–Crippen MR) is 163 cm³/mol. The van der Waals surface area contributed by atoms with Crippen LogP contribution in [0.15, 0.2) is 47.8 Å². The Morgan fingerprint density at radius 2 is 1.54 bits per heavy atom. The molecular formula is C32H42N4O4S. The van der Waals surface area contributed by atoms with E-state index in [0.717, 1.165) is 41.6 Å². The molecule has 0 saturated carbocycles. The Labute approximate surface area is 247 Å². The van der Waals surface area contributed by atoms with Crippen molar-refractivity contribution in [2.24, 2.45) is 0 Å². The molecular weight excluding hydrogens is 536 g/mol. The Balaban J connectivity index is 1.46. The zero-order valence-corrected chi connectivity index (χ0v) is 25.9. The van der Waals surface area contributed by atoms with Crippen LogP contribution in [0.4, 0.5) is 0 Å². The molecule has 1 aromatic heterocycles. The maximum atomic E-state index is 13.1. The third-order valence-corrected chi connectivity index (χ3v) is 8.37. The second-order valence-electron chi connectivity index (χ2n) is 11.5. The van der Waals surface area contributed by atoms with Crippen LogP contribution in [0.3, 0.4) is 0 Å². The molecule has 9 heteroatoms. The smallest absolute Gasteiger partial charge is 0.273 e. The minimum Gasteiger partial charge on any atom is -0.493 e. The van der Waals surface area contributed by atoms with Crippen molar-refractivity contribution in [3.8, 4) is 11.5 Å². The van der Waals surface area contributed by atoms with Crippen molar-refractivity contribution in [1.29, 1.82) is 0 Å². The van der Waals surface area contributed by atoms with Gasteiger partial charge in [-0.1, -0.05) is 51.1 Å². The van der Waals surface area contributed by atoms with Crippen LogP contribution >= 0.6 is 11.3 Å². The molecule has 0 spiro atoms. The Bertz CT molecular complexity index is 1320. The number of hydrogen-bond donors (Lipinski definition) is 0. The lowest BCUT2D eigenvalue weighted by molar-refractivity contribution is -0.130. The highest BCUT2D eigenvalue weighted by molar-refractivity contribution is 7.09. The van der Waals surface area contributed by atoms with E-state index in [1.807, 2.05) is 17.5 Å². The van der Waals surface area contributed by atoms with Crippen LogP contribution in [0.1, 0.15) is 59.9 Å². The van der Waals surface area contributed by atoms with Crippen molar-refractivity contribution < 1.29 is 19.1 Å². The first-order chi connectivity index (χ1) is 19.6. The summed E-state index contributed by atoms with van der Waals surface area (Å²) in [5.74, 6) is 1.43. The standard InChI is InChI=1S/C32H42N4O4S/c1-23(37)35-15-17-36(18-16-35)31(38)27-22-41-30(33-27)21-34(20-25-7-10-26(11-8-25)32(2,3)4)14-13-24-9-12-28(39-5)29(19-24)40-6/h7-12,19,22H,13-18,20-21H2,1-6H3. The molecule has 2 amide bonds. The zero-order valence-electron chi connectivity index (χ0n) is 25.1. The number of hydrogen-bond acceptors (Lipinski definition) is 7. The minimum atomic E-state index is -0.0645. The fourth-order valence-electron chi connectivity index (χ4n) is 4.97. The van der Waals surface area contributed by atoms with Crippen molar-refractivity contribution in [2.75, 3.05) is 46.9 Å². The number of piperazine rings is 1. The van der Waals surface area contributed by atoms with Gasteiger partial charge in [-0.25, -0.2) is 4.98 Å². The number of benzene rings is 2. The van der Waals surface area contributed by atoms with E-state index in [1.54, 1.807) is 30.9 Å². The van der Waals surface area contributed by atoms with E-state index in [0.29, 0.717) is 38.4 Å². The van der Waals surface area contributed by atoms with Crippen LogP contribution in [-0.4, -0.2) is 78.4 Å². The summed E-state index contributed by atoms with van der Waals surface area (Å²) in [6.07, 6.45) is 0.831. The van der Waals surface area contributed by atoms with Crippen molar-refractivity contribution in [2.45, 2.75) is 52.6 Å². The third-order valence-electron chi connectivity index (χ3n) is 7.53. The van der Waals surface area contributed by atoms with Gasteiger partial charge in [0.05, 0.1) is 20.8 Å². The first-order valence-corrected chi connectivity index (χ1v) is 15.0. The van der Waals surface area contributed by atoms with Crippen LogP contribution in [0.5, 0.6) is 11.5 Å². The Kier molecular flexibility index (Phi) is 10.0. The van der Waals surface area contributed by atoms with Crippen molar-refractivity contribution in [3.05, 3.63) is 75.2 Å². The molecule has 2 heterocycles. The molecule has 0 atom stereocenters. The molecule has 1 aliphatic heterocycles. The van der Waals surface area contributed by atoms with E-state index in [-0.39, 0.29) is 17.2 Å². The van der Waals surface area contributed by atoms with Gasteiger partial charge in [0.2, 0.25) is 5.91 Å². The summed E-state index contributed by atoms with van der Waals surface area (Å²) in [5, 5.41) is 2.77. The largest absolute Gasteiger partial charge is 0.493 e. The number of ether oxygens (including phenoxy) is 2. The van der Waals surface area contributed by atoms with Gasteiger partial charge in [-0.15, -0.1) is 11.3 Å². The molecule has 1 aliphatic rings. The van der Waals surface area contributed by atoms with Gasteiger partial charge in [0.15, 0.2) is 11.5 Å². The van der Waals surface area contributed by atoms with Gasteiger partial charge >= 0.3 is 0 Å². The van der Waals surface area contributed by atoms with Gasteiger partial charge in [-0.3, -0.25) is 14.5 Å². The predicted octanol–water partition coefficient (Wildman–Crippen LogP) is 5.01. The van der Waals surface area contributed by atoms with Gasteiger partial charge in [0, 0.05) is 51.6 Å². The molecule has 41 heavy (non-hydrogen) atoms. The van der Waals surface area contributed by atoms with Crippen LogP contribution in [0, 0.1) is 0 Å². The molecule has 0 bridgehead atoms. The van der Waals surface area contributed by atoms with Crippen molar-refractivity contribution in [3.63, 3.8) is 0 Å². The molecule has 0 unspecified atom stereocenters. The second-order valence-corrected chi connectivity index (χ2v) is 12.5. The first-order valence-electron chi connectivity index (χ1n) is 14.1. The van der Waals surface area contributed by atoms with Crippen LogP contribution in [0.25, 0.3) is 0 Å². The average molecular weight is 579 g/mol. The topological polar surface area (TPSA) is 75.2 Å². The van der Waals surface area contributed by atoms with Gasteiger partial charge in [0.1, 0.15) is 10.7 Å². The zero-order chi connectivity index (χ0) is 29.6. The van der Waals surface area contributed by atoms with E-state index in [2.05, 4.69) is 56.0 Å². The average Bonchev–Trinajstić information content (AvgIpc) is 3.43. The van der Waals surface area contributed by atoms with Crippen LogP contribution in [-0.2, 0) is 29.7 Å². The summed E-state index contributed by atoms with van der Waals surface area (Å²) >= 11 is 1.52. The van der Waals surface area contributed by atoms with Crippen LogP contribution in [0.2, 0.25) is 0 Å². The highest BCUT2D eigenvalue weighted by Gasteiger charge is 2.25. The molecule has 0 aliphatic carbocycles. The van der Waals surface area contributed by atoms with Crippen molar-refractivity contribution in [1.82, 2.24) is 19.7 Å². The lowest BCUT2D eigenvalue weighted by Crippen LogP contribution is -2.50. The number of methoxy groups -OCH3 is 2. The first kappa shape index (κ1) is 30.5. The van der Waals surface area contributed by atoms with Crippen molar-refractivity contribution >= 4 is 23.2 Å². The van der Waals surface area contributed by atoms with E-state index in [9.17, 15) is 9.59 Å². The summed E-state index contributed by atoms with van der Waals surface area (Å²) in [5.41, 5.74) is 4.30. The third kappa shape index (κ3) is 8.07. The van der Waals surface area contributed by atoms with Gasteiger partial charge in [0.25, 0.3) is 5.91 Å². The number of thiazole rings is 1. The fraction of sp³-hybridized carbons (Fsp3) is 0.469. The highest BCUT2D eigenvalue weighted by Crippen LogP contribution is 2.28. The summed E-state index contributed by atoms with van der Waals surface area (Å²) < 4.78 is 10.9. The number of aromatic nitrogens is 1. The van der Waals surface area contributed by atoms with Gasteiger partial charge in [-0.05, 0) is 40.7 Å². The van der Waals surface area contributed by atoms with E-state index >= 15 is 0 Å². The van der Waals surface area contributed by atoms with Gasteiger partial charge < -0.3 is 19.3 Å². The summed E-state index contributed by atoms with van der Waals surface area (Å²) in [4.78, 5) is 35.5. The Hall–Kier alpha value is -3.43. The Morgan fingerprint density at radius 1 is 0.902 bits per heavy atom. The van der Waals surface area contributed by atoms with Crippen LogP contribution < -0.4 is 9.47 Å². The number of nitrogens with zero attached hydrogens (tertiary/aromatic N) is 4. The molecule has 1 saturated heterocycles. The molecule has 3 aromatic rings. The SMILES string of the molecule is COc1ccc(CCN(Cc2ccc(C(C)(C)C)cc2)Cc2nc(C(=O)N3CCN(C(C)=O)CC3)cs2)cc1OC. The molecule has 220 valence electrons. The summed E-state index contributed by atoms with van der Waals surface area (Å²) in [6, 6.07) is 14.9.